The largest absolute Gasteiger partial charge is 0.490 e. The minimum absolute atomic E-state index is 0.535. The third kappa shape index (κ3) is 2.89. The average molecular weight is 236 g/mol. The normalized spacial score (nSPS) is 9.78. The van der Waals surface area contributed by atoms with E-state index >= 15 is 0 Å². The molecule has 0 N–H and O–H groups in total. The lowest BCUT2D eigenvalue weighted by Gasteiger charge is -2.05. The Hall–Kier alpha value is -2.28. The Kier molecular flexibility index (Phi) is 3.98. The number of rotatable bonds is 5. The summed E-state index contributed by atoms with van der Waals surface area (Å²) in [5, 5.41) is 0. The second-order valence-corrected chi connectivity index (χ2v) is 3.95. The summed E-state index contributed by atoms with van der Waals surface area (Å²) in [7, 11) is 0. The number of benzene rings is 2. The second-order valence-electron chi connectivity index (χ2n) is 3.95. The number of hydrogen-bond acceptors (Lipinski definition) is 1. The van der Waals surface area contributed by atoms with Crippen molar-refractivity contribution < 1.29 is 4.74 Å². The predicted octanol–water partition coefficient (Wildman–Crippen LogP) is 4.56. The van der Waals surface area contributed by atoms with Gasteiger partial charge in [0.15, 0.2) is 0 Å². The van der Waals surface area contributed by atoms with Crippen LogP contribution in [0.15, 0.2) is 67.8 Å². The van der Waals surface area contributed by atoms with E-state index in [1.807, 2.05) is 18.2 Å². The Labute approximate surface area is 108 Å². The van der Waals surface area contributed by atoms with Gasteiger partial charge in [-0.25, -0.2) is 0 Å². The number of ether oxygens (including phenoxy) is 1. The molecule has 0 unspecified atom stereocenters. The van der Waals surface area contributed by atoms with Crippen LogP contribution in [0.1, 0.15) is 5.56 Å². The first-order valence-electron chi connectivity index (χ1n) is 5.90. The van der Waals surface area contributed by atoms with Crippen LogP contribution in [0, 0.1) is 0 Å². The van der Waals surface area contributed by atoms with Gasteiger partial charge in [0.25, 0.3) is 0 Å². The highest BCUT2D eigenvalue weighted by Crippen LogP contribution is 2.23. The van der Waals surface area contributed by atoms with E-state index in [4.69, 9.17) is 4.74 Å². The summed E-state index contributed by atoms with van der Waals surface area (Å²) in [6.45, 7) is 7.91. The Balaban J connectivity index is 2.17. The van der Waals surface area contributed by atoms with Gasteiger partial charge in [0.2, 0.25) is 0 Å². The highest BCUT2D eigenvalue weighted by molar-refractivity contribution is 5.66. The molecule has 0 amide bonds. The molecule has 0 fully saturated rings. The quantitative estimate of drug-likeness (QED) is 0.691. The maximum Gasteiger partial charge on any atom is 0.119 e. The fraction of sp³-hybridized carbons (Fsp3) is 0.0588. The molecule has 2 rings (SSSR count). The standard InChI is InChI=1S/C17H16O/c1-3-13-18-17-11-9-16(10-12-17)15-7-5-14(4-2)6-8-15/h3-12H,1-2,13H2. The van der Waals surface area contributed by atoms with Gasteiger partial charge in [0, 0.05) is 0 Å². The van der Waals surface area contributed by atoms with E-state index in [1.165, 1.54) is 11.1 Å². The summed E-state index contributed by atoms with van der Waals surface area (Å²) in [5.74, 6) is 0.862. The lowest BCUT2D eigenvalue weighted by molar-refractivity contribution is 0.363. The Morgan fingerprint density at radius 1 is 0.833 bits per heavy atom. The zero-order valence-corrected chi connectivity index (χ0v) is 10.3. The summed E-state index contributed by atoms with van der Waals surface area (Å²) in [6, 6.07) is 16.4. The van der Waals surface area contributed by atoms with Crippen molar-refractivity contribution in [2.24, 2.45) is 0 Å². The van der Waals surface area contributed by atoms with Crippen LogP contribution in [0.2, 0.25) is 0 Å². The van der Waals surface area contributed by atoms with Crippen molar-refractivity contribution in [1.29, 1.82) is 0 Å². The van der Waals surface area contributed by atoms with Crippen LogP contribution in [0.5, 0.6) is 5.75 Å². The van der Waals surface area contributed by atoms with E-state index in [1.54, 1.807) is 6.08 Å². The predicted molar refractivity (Wildman–Crippen MR) is 77.7 cm³/mol. The topological polar surface area (TPSA) is 9.23 Å². The lowest BCUT2D eigenvalue weighted by Crippen LogP contribution is -1.92. The Morgan fingerprint density at radius 2 is 1.39 bits per heavy atom. The first-order valence-corrected chi connectivity index (χ1v) is 5.90. The van der Waals surface area contributed by atoms with Crippen LogP contribution >= 0.6 is 0 Å². The summed E-state index contributed by atoms with van der Waals surface area (Å²) in [5.41, 5.74) is 3.50. The molecule has 0 saturated carbocycles. The minimum Gasteiger partial charge on any atom is -0.490 e. The summed E-state index contributed by atoms with van der Waals surface area (Å²) >= 11 is 0. The fourth-order valence-electron chi connectivity index (χ4n) is 1.71. The van der Waals surface area contributed by atoms with Crippen LogP contribution in [0.3, 0.4) is 0 Å². The Morgan fingerprint density at radius 3 is 1.89 bits per heavy atom. The maximum atomic E-state index is 5.45. The summed E-state index contributed by atoms with van der Waals surface area (Å²) < 4.78 is 5.45. The first-order chi connectivity index (χ1) is 8.83. The molecule has 0 saturated heterocycles. The lowest BCUT2D eigenvalue weighted by atomic mass is 10.0. The molecular weight excluding hydrogens is 220 g/mol. The molecule has 0 aliphatic rings. The highest BCUT2D eigenvalue weighted by atomic mass is 16.5. The SMILES string of the molecule is C=CCOc1ccc(-c2ccc(C=C)cc2)cc1. The van der Waals surface area contributed by atoms with Gasteiger partial charge in [-0.3, -0.25) is 0 Å². The van der Waals surface area contributed by atoms with E-state index in [-0.39, 0.29) is 0 Å². The van der Waals surface area contributed by atoms with Gasteiger partial charge in [0.1, 0.15) is 12.4 Å². The molecule has 18 heavy (non-hydrogen) atoms. The smallest absolute Gasteiger partial charge is 0.119 e. The molecule has 0 bridgehead atoms. The monoisotopic (exact) mass is 236 g/mol. The van der Waals surface area contributed by atoms with E-state index in [0.29, 0.717) is 6.61 Å². The van der Waals surface area contributed by atoms with Gasteiger partial charge in [-0.05, 0) is 28.8 Å². The summed E-state index contributed by atoms with van der Waals surface area (Å²) in [4.78, 5) is 0. The molecule has 2 aromatic rings. The first kappa shape index (κ1) is 12.2. The van der Waals surface area contributed by atoms with Gasteiger partial charge < -0.3 is 4.74 Å². The zero-order valence-electron chi connectivity index (χ0n) is 10.3. The molecule has 0 heterocycles. The number of hydrogen-bond donors (Lipinski definition) is 0. The van der Waals surface area contributed by atoms with E-state index in [2.05, 4.69) is 49.6 Å². The van der Waals surface area contributed by atoms with Crippen LogP contribution in [0.4, 0.5) is 0 Å². The second kappa shape index (κ2) is 5.87. The van der Waals surface area contributed by atoms with Gasteiger partial charge in [-0.15, -0.1) is 0 Å². The molecule has 1 heteroatoms. The van der Waals surface area contributed by atoms with Crippen LogP contribution in [-0.2, 0) is 0 Å². The van der Waals surface area contributed by atoms with Crippen LogP contribution in [-0.4, -0.2) is 6.61 Å². The maximum absolute atomic E-state index is 5.45. The van der Waals surface area contributed by atoms with E-state index in [0.717, 1.165) is 11.3 Å². The molecule has 0 aliphatic carbocycles. The van der Waals surface area contributed by atoms with E-state index in [9.17, 15) is 0 Å². The molecule has 0 aromatic heterocycles. The fourth-order valence-corrected chi connectivity index (χ4v) is 1.71. The molecule has 2 aromatic carbocycles. The molecule has 0 aliphatic heterocycles. The van der Waals surface area contributed by atoms with Gasteiger partial charge in [-0.1, -0.05) is 61.7 Å². The van der Waals surface area contributed by atoms with Crippen molar-refractivity contribution in [2.75, 3.05) is 6.61 Å². The van der Waals surface area contributed by atoms with Crippen molar-refractivity contribution in [3.05, 3.63) is 73.3 Å². The molecule has 90 valence electrons. The van der Waals surface area contributed by atoms with Crippen molar-refractivity contribution >= 4 is 6.08 Å². The molecule has 0 spiro atoms. The van der Waals surface area contributed by atoms with Crippen molar-refractivity contribution in [2.45, 2.75) is 0 Å². The van der Waals surface area contributed by atoms with Gasteiger partial charge in [-0.2, -0.15) is 0 Å². The highest BCUT2D eigenvalue weighted by Gasteiger charge is 1.98. The van der Waals surface area contributed by atoms with E-state index < -0.39 is 0 Å². The molecule has 0 atom stereocenters. The molecular formula is C17H16O. The van der Waals surface area contributed by atoms with Gasteiger partial charge in [0.05, 0.1) is 0 Å². The average Bonchev–Trinajstić information content (AvgIpc) is 2.46. The van der Waals surface area contributed by atoms with Gasteiger partial charge >= 0.3 is 0 Å². The third-order valence-electron chi connectivity index (χ3n) is 2.70. The Bertz CT molecular complexity index is 521. The zero-order chi connectivity index (χ0) is 12.8. The molecule has 1 nitrogen and oxygen atoms in total. The van der Waals surface area contributed by atoms with Crippen LogP contribution in [0.25, 0.3) is 17.2 Å². The van der Waals surface area contributed by atoms with Crippen molar-refractivity contribution in [1.82, 2.24) is 0 Å². The van der Waals surface area contributed by atoms with Crippen LogP contribution < -0.4 is 4.74 Å². The summed E-state index contributed by atoms with van der Waals surface area (Å²) in [6.07, 6.45) is 3.58. The van der Waals surface area contributed by atoms with Crippen molar-refractivity contribution in [3.63, 3.8) is 0 Å². The van der Waals surface area contributed by atoms with Crippen molar-refractivity contribution in [3.8, 4) is 16.9 Å². The minimum atomic E-state index is 0.535. The third-order valence-corrected chi connectivity index (χ3v) is 2.70. The molecule has 0 radical (unpaired) electrons.